The van der Waals surface area contributed by atoms with E-state index >= 15 is 0 Å². The number of carboxylic acids is 1. The Balaban J connectivity index is 1.83. The average Bonchev–Trinajstić information content (AvgIpc) is 2.82. The van der Waals surface area contributed by atoms with Gasteiger partial charge in [0, 0.05) is 6.04 Å². The lowest BCUT2D eigenvalue weighted by atomic mass is 10.0. The summed E-state index contributed by atoms with van der Waals surface area (Å²) in [7, 11) is 0. The first-order chi connectivity index (χ1) is 7.29. The van der Waals surface area contributed by atoms with Crippen LogP contribution in [0.25, 0.3) is 0 Å². The van der Waals surface area contributed by atoms with Gasteiger partial charge in [-0.15, -0.1) is 0 Å². The van der Waals surface area contributed by atoms with Crippen LogP contribution in [0.4, 0.5) is 0 Å². The summed E-state index contributed by atoms with van der Waals surface area (Å²) in [5.41, 5.74) is 1.22. The zero-order valence-corrected chi connectivity index (χ0v) is 8.26. The smallest absolute Gasteiger partial charge is 0.307 e. The minimum Gasteiger partial charge on any atom is -0.481 e. The molecule has 2 N–H and O–H groups in total. The molecule has 0 amide bonds. The predicted molar refractivity (Wildman–Crippen MR) is 55.3 cm³/mol. The average molecular weight is 203 g/mol. The summed E-state index contributed by atoms with van der Waals surface area (Å²) in [6.45, 7) is 0.848. The summed E-state index contributed by atoms with van der Waals surface area (Å²) in [6, 6.07) is 10.4. The van der Waals surface area contributed by atoms with E-state index in [1.165, 1.54) is 5.56 Å². The molecular formula is C12H13NO2. The second kappa shape index (κ2) is 3.07. The number of fused-ring (bicyclic) bond motifs is 1. The minimum atomic E-state index is -0.632. The zero-order valence-electron chi connectivity index (χ0n) is 8.26. The van der Waals surface area contributed by atoms with E-state index < -0.39 is 5.97 Å². The van der Waals surface area contributed by atoms with Crippen molar-refractivity contribution in [2.75, 3.05) is 6.54 Å². The van der Waals surface area contributed by atoms with Gasteiger partial charge in [0.2, 0.25) is 0 Å². The Labute approximate surface area is 88.1 Å². The Kier molecular flexibility index (Phi) is 1.83. The fourth-order valence-electron chi connectivity index (χ4n) is 2.87. The van der Waals surface area contributed by atoms with Crippen LogP contribution in [0.5, 0.6) is 0 Å². The highest BCUT2D eigenvalue weighted by molar-refractivity contribution is 5.75. The third kappa shape index (κ3) is 1.27. The summed E-state index contributed by atoms with van der Waals surface area (Å²) in [5, 5.41) is 12.4. The van der Waals surface area contributed by atoms with Crippen molar-refractivity contribution in [2.45, 2.75) is 6.04 Å². The summed E-state index contributed by atoms with van der Waals surface area (Å²) in [4.78, 5) is 10.9. The van der Waals surface area contributed by atoms with Crippen molar-refractivity contribution in [1.29, 1.82) is 0 Å². The van der Waals surface area contributed by atoms with Gasteiger partial charge < -0.3 is 10.4 Å². The SMILES string of the molecule is O=C(O)C1C2CNC(c3ccccc3)C21. The maximum absolute atomic E-state index is 10.9. The molecular weight excluding hydrogens is 190 g/mol. The highest BCUT2D eigenvalue weighted by atomic mass is 16.4. The third-order valence-electron chi connectivity index (χ3n) is 3.63. The van der Waals surface area contributed by atoms with Gasteiger partial charge in [-0.05, 0) is 23.9 Å². The van der Waals surface area contributed by atoms with Gasteiger partial charge in [-0.1, -0.05) is 30.3 Å². The summed E-state index contributed by atoms with van der Waals surface area (Å²) < 4.78 is 0. The van der Waals surface area contributed by atoms with Crippen LogP contribution >= 0.6 is 0 Å². The minimum absolute atomic E-state index is 0.114. The molecule has 1 saturated carbocycles. The van der Waals surface area contributed by atoms with Crippen LogP contribution in [0, 0.1) is 17.8 Å². The molecule has 1 aromatic rings. The number of nitrogens with one attached hydrogen (secondary N) is 1. The van der Waals surface area contributed by atoms with Crippen LogP contribution in [0.15, 0.2) is 30.3 Å². The van der Waals surface area contributed by atoms with Crippen LogP contribution in [0.1, 0.15) is 11.6 Å². The molecule has 1 aliphatic carbocycles. The number of aliphatic carboxylic acids is 1. The van der Waals surface area contributed by atoms with Crippen molar-refractivity contribution in [2.24, 2.45) is 17.8 Å². The second-order valence-electron chi connectivity index (χ2n) is 4.40. The van der Waals surface area contributed by atoms with E-state index in [4.69, 9.17) is 5.11 Å². The molecule has 0 radical (unpaired) electrons. The van der Waals surface area contributed by atoms with Crippen molar-refractivity contribution >= 4 is 5.97 Å². The Morgan fingerprint density at radius 3 is 2.67 bits per heavy atom. The zero-order chi connectivity index (χ0) is 10.4. The number of rotatable bonds is 2. The Hall–Kier alpha value is -1.35. The van der Waals surface area contributed by atoms with Crippen LogP contribution in [0.2, 0.25) is 0 Å². The summed E-state index contributed by atoms with van der Waals surface area (Å²) in [6.07, 6.45) is 0. The molecule has 3 heteroatoms. The normalized spacial score (nSPS) is 37.3. The van der Waals surface area contributed by atoms with E-state index in [1.54, 1.807) is 0 Å². The molecule has 0 aromatic heterocycles. The van der Waals surface area contributed by atoms with Gasteiger partial charge in [-0.2, -0.15) is 0 Å². The van der Waals surface area contributed by atoms with Crippen molar-refractivity contribution in [3.05, 3.63) is 35.9 Å². The van der Waals surface area contributed by atoms with Crippen LogP contribution < -0.4 is 5.32 Å². The highest BCUT2D eigenvalue weighted by Gasteiger charge is 2.62. The quantitative estimate of drug-likeness (QED) is 0.761. The highest BCUT2D eigenvalue weighted by Crippen LogP contribution is 2.57. The fourth-order valence-corrected chi connectivity index (χ4v) is 2.87. The van der Waals surface area contributed by atoms with Crippen LogP contribution in [-0.4, -0.2) is 17.6 Å². The molecule has 1 heterocycles. The third-order valence-corrected chi connectivity index (χ3v) is 3.63. The van der Waals surface area contributed by atoms with Crippen LogP contribution in [0.3, 0.4) is 0 Å². The first-order valence-corrected chi connectivity index (χ1v) is 5.30. The molecule has 4 atom stereocenters. The number of carboxylic acid groups (broad SMARTS) is 1. The molecule has 0 bridgehead atoms. The molecule has 4 unspecified atom stereocenters. The first-order valence-electron chi connectivity index (χ1n) is 5.30. The molecule has 78 valence electrons. The van der Waals surface area contributed by atoms with E-state index in [0.29, 0.717) is 11.8 Å². The molecule has 3 nitrogen and oxygen atoms in total. The molecule has 2 fully saturated rings. The number of hydrogen-bond donors (Lipinski definition) is 2. The molecule has 1 aromatic carbocycles. The Bertz CT molecular complexity index is 390. The van der Waals surface area contributed by atoms with Crippen molar-refractivity contribution in [1.82, 2.24) is 5.32 Å². The molecule has 2 aliphatic rings. The fraction of sp³-hybridized carbons (Fsp3) is 0.417. The van der Waals surface area contributed by atoms with E-state index in [1.807, 2.05) is 18.2 Å². The monoisotopic (exact) mass is 203 g/mol. The number of piperidine rings is 1. The van der Waals surface area contributed by atoms with E-state index in [0.717, 1.165) is 6.54 Å². The topological polar surface area (TPSA) is 49.3 Å². The van der Waals surface area contributed by atoms with E-state index in [2.05, 4.69) is 17.4 Å². The van der Waals surface area contributed by atoms with Gasteiger partial charge in [-0.25, -0.2) is 0 Å². The van der Waals surface area contributed by atoms with Crippen molar-refractivity contribution < 1.29 is 9.90 Å². The summed E-state index contributed by atoms with van der Waals surface area (Å²) >= 11 is 0. The van der Waals surface area contributed by atoms with Gasteiger partial charge in [0.15, 0.2) is 0 Å². The largest absolute Gasteiger partial charge is 0.481 e. The number of hydrogen-bond acceptors (Lipinski definition) is 2. The van der Waals surface area contributed by atoms with Gasteiger partial charge in [-0.3, -0.25) is 4.79 Å². The number of benzene rings is 1. The maximum atomic E-state index is 10.9. The van der Waals surface area contributed by atoms with E-state index in [-0.39, 0.29) is 12.0 Å². The van der Waals surface area contributed by atoms with Crippen molar-refractivity contribution in [3.63, 3.8) is 0 Å². The first kappa shape index (κ1) is 8.92. The Morgan fingerprint density at radius 1 is 1.33 bits per heavy atom. The van der Waals surface area contributed by atoms with Gasteiger partial charge >= 0.3 is 5.97 Å². The lowest BCUT2D eigenvalue weighted by molar-refractivity contribution is -0.139. The lowest BCUT2D eigenvalue weighted by Gasteiger charge is -2.14. The molecule has 1 saturated heterocycles. The lowest BCUT2D eigenvalue weighted by Crippen LogP contribution is -2.23. The summed E-state index contributed by atoms with van der Waals surface area (Å²) in [5.74, 6) is -0.0820. The van der Waals surface area contributed by atoms with Gasteiger partial charge in [0.05, 0.1) is 5.92 Å². The maximum Gasteiger partial charge on any atom is 0.307 e. The number of carbonyl (C=O) groups is 1. The molecule has 0 spiro atoms. The standard InChI is InChI=1S/C12H13NO2/c14-12(15)10-8-6-13-11(9(8)10)7-4-2-1-3-5-7/h1-5,8-11,13H,6H2,(H,14,15). The Morgan fingerprint density at radius 2 is 2.07 bits per heavy atom. The predicted octanol–water partition coefficient (Wildman–Crippen LogP) is 1.28. The van der Waals surface area contributed by atoms with Crippen molar-refractivity contribution in [3.8, 4) is 0 Å². The van der Waals surface area contributed by atoms with Gasteiger partial charge in [0.1, 0.15) is 0 Å². The van der Waals surface area contributed by atoms with Crippen LogP contribution in [-0.2, 0) is 4.79 Å². The second-order valence-corrected chi connectivity index (χ2v) is 4.40. The van der Waals surface area contributed by atoms with E-state index in [9.17, 15) is 4.79 Å². The molecule has 15 heavy (non-hydrogen) atoms. The molecule has 1 aliphatic heterocycles. The van der Waals surface area contributed by atoms with Gasteiger partial charge in [0.25, 0.3) is 0 Å². The molecule has 3 rings (SSSR count).